The molecule has 0 N–H and O–H groups in total. The van der Waals surface area contributed by atoms with Crippen LogP contribution in [0.3, 0.4) is 0 Å². The van der Waals surface area contributed by atoms with Crippen LogP contribution < -0.4 is 0 Å². The summed E-state index contributed by atoms with van der Waals surface area (Å²) in [4.78, 5) is 18.5. The van der Waals surface area contributed by atoms with Gasteiger partial charge >= 0.3 is 11.2 Å². The minimum Gasteiger partial charge on any atom is -0.316 e. The van der Waals surface area contributed by atoms with E-state index in [4.69, 9.17) is 0 Å². The van der Waals surface area contributed by atoms with Crippen LogP contribution >= 0.6 is 23.1 Å². The first kappa shape index (κ1) is 17.7. The molecule has 3 aromatic rings. The minimum absolute atomic E-state index is 0.0563. The van der Waals surface area contributed by atoms with E-state index in [-0.39, 0.29) is 16.6 Å². The Bertz CT molecular complexity index is 949. The SMILES string of the molecule is CC(C)n1c(Sc2ncc([N+](=O)[O-])s2)nc2cc(C(F)(F)F)ccc21. The molecule has 0 radical (unpaired) electrons. The van der Waals surface area contributed by atoms with Crippen molar-refractivity contribution < 1.29 is 18.1 Å². The first-order valence-electron chi connectivity index (χ1n) is 7.04. The average Bonchev–Trinajstić information content (AvgIpc) is 3.09. The van der Waals surface area contributed by atoms with Gasteiger partial charge in [0.15, 0.2) is 9.50 Å². The molecule has 6 nitrogen and oxygen atoms in total. The molecule has 0 unspecified atom stereocenters. The number of aromatic nitrogens is 3. The molecule has 3 rings (SSSR count). The van der Waals surface area contributed by atoms with Gasteiger partial charge in [0.1, 0.15) is 6.20 Å². The van der Waals surface area contributed by atoms with Gasteiger partial charge in [-0.25, -0.2) is 9.97 Å². The zero-order valence-electron chi connectivity index (χ0n) is 12.9. The van der Waals surface area contributed by atoms with Crippen molar-refractivity contribution in [1.29, 1.82) is 0 Å². The van der Waals surface area contributed by atoms with Crippen molar-refractivity contribution in [2.75, 3.05) is 0 Å². The number of fused-ring (bicyclic) bond motifs is 1. The zero-order valence-corrected chi connectivity index (χ0v) is 14.6. The summed E-state index contributed by atoms with van der Waals surface area (Å²) in [6.45, 7) is 3.76. The number of halogens is 3. The van der Waals surface area contributed by atoms with E-state index >= 15 is 0 Å². The fourth-order valence-electron chi connectivity index (χ4n) is 2.28. The van der Waals surface area contributed by atoms with E-state index in [9.17, 15) is 23.3 Å². The third-order valence-corrected chi connectivity index (χ3v) is 5.33. The fraction of sp³-hybridized carbons (Fsp3) is 0.286. The van der Waals surface area contributed by atoms with Gasteiger partial charge in [0.2, 0.25) is 0 Å². The lowest BCUT2D eigenvalue weighted by atomic mass is 10.2. The molecule has 0 fully saturated rings. The molecule has 0 atom stereocenters. The van der Waals surface area contributed by atoms with E-state index in [2.05, 4.69) is 9.97 Å². The number of hydrogen-bond donors (Lipinski definition) is 0. The molecule has 0 aliphatic heterocycles. The van der Waals surface area contributed by atoms with E-state index < -0.39 is 16.7 Å². The Balaban J connectivity index is 2.06. The number of nitrogens with zero attached hydrogens (tertiary/aromatic N) is 4. The summed E-state index contributed by atoms with van der Waals surface area (Å²) in [7, 11) is 0. The highest BCUT2D eigenvalue weighted by molar-refractivity contribution is 8.01. The van der Waals surface area contributed by atoms with Crippen LogP contribution in [0.1, 0.15) is 25.5 Å². The third kappa shape index (κ3) is 3.47. The molecule has 0 bridgehead atoms. The molecule has 132 valence electrons. The molecule has 0 saturated heterocycles. The molecule has 2 heterocycles. The maximum atomic E-state index is 12.9. The second-order valence-electron chi connectivity index (χ2n) is 5.38. The van der Waals surface area contributed by atoms with E-state index in [0.29, 0.717) is 15.0 Å². The predicted octanol–water partition coefficient (Wildman–Crippen LogP) is 5.15. The van der Waals surface area contributed by atoms with Gasteiger partial charge in [0.05, 0.1) is 21.5 Å². The van der Waals surface area contributed by atoms with Crippen LogP contribution in [-0.2, 0) is 6.18 Å². The predicted molar refractivity (Wildman–Crippen MR) is 88.0 cm³/mol. The van der Waals surface area contributed by atoms with Crippen molar-refractivity contribution in [3.8, 4) is 0 Å². The molecule has 0 aliphatic rings. The molecule has 1 aromatic carbocycles. The average molecular weight is 388 g/mol. The van der Waals surface area contributed by atoms with Crippen molar-refractivity contribution in [1.82, 2.24) is 14.5 Å². The van der Waals surface area contributed by atoms with Crippen LogP contribution in [0.5, 0.6) is 0 Å². The van der Waals surface area contributed by atoms with Crippen molar-refractivity contribution in [2.24, 2.45) is 0 Å². The fourth-order valence-corrected chi connectivity index (χ4v) is 4.21. The Kier molecular flexibility index (Phi) is 4.45. The van der Waals surface area contributed by atoms with Crippen molar-refractivity contribution >= 4 is 39.1 Å². The molecular weight excluding hydrogens is 377 g/mol. The van der Waals surface area contributed by atoms with E-state index in [0.717, 1.165) is 41.4 Å². The smallest absolute Gasteiger partial charge is 0.316 e. The van der Waals surface area contributed by atoms with Crippen molar-refractivity contribution in [2.45, 2.75) is 35.6 Å². The summed E-state index contributed by atoms with van der Waals surface area (Å²) in [6, 6.07) is 3.35. The zero-order chi connectivity index (χ0) is 18.4. The maximum Gasteiger partial charge on any atom is 0.416 e. The molecule has 0 spiro atoms. The van der Waals surface area contributed by atoms with Crippen molar-refractivity contribution in [3.05, 3.63) is 40.1 Å². The summed E-state index contributed by atoms with van der Waals surface area (Å²) in [5.41, 5.74) is 0.0171. The normalized spacial score (nSPS) is 12.2. The van der Waals surface area contributed by atoms with Gasteiger partial charge in [-0.2, -0.15) is 13.2 Å². The lowest BCUT2D eigenvalue weighted by molar-refractivity contribution is -0.380. The Morgan fingerprint density at radius 3 is 2.64 bits per heavy atom. The number of rotatable bonds is 4. The topological polar surface area (TPSA) is 73.8 Å². The molecule has 11 heteroatoms. The van der Waals surface area contributed by atoms with Gasteiger partial charge in [0.25, 0.3) is 0 Å². The molecule has 0 aliphatic carbocycles. The Morgan fingerprint density at radius 1 is 1.36 bits per heavy atom. The van der Waals surface area contributed by atoms with Crippen LogP contribution in [0.25, 0.3) is 11.0 Å². The van der Waals surface area contributed by atoms with E-state index in [1.807, 2.05) is 13.8 Å². The first-order valence-corrected chi connectivity index (χ1v) is 8.67. The van der Waals surface area contributed by atoms with Gasteiger partial charge in [0, 0.05) is 6.04 Å². The number of alkyl halides is 3. The number of hydrogen-bond acceptors (Lipinski definition) is 6. The molecule has 0 saturated carbocycles. The number of nitro groups is 1. The highest BCUT2D eigenvalue weighted by Gasteiger charge is 2.31. The molecule has 2 aromatic heterocycles. The van der Waals surface area contributed by atoms with Gasteiger partial charge < -0.3 is 4.57 Å². The Morgan fingerprint density at radius 2 is 2.08 bits per heavy atom. The highest BCUT2D eigenvalue weighted by Crippen LogP contribution is 2.38. The van der Waals surface area contributed by atoms with Crippen molar-refractivity contribution in [3.63, 3.8) is 0 Å². The van der Waals surface area contributed by atoms with Crippen LogP contribution in [-0.4, -0.2) is 19.5 Å². The van der Waals surface area contributed by atoms with Crippen LogP contribution in [0, 0.1) is 10.1 Å². The number of benzene rings is 1. The largest absolute Gasteiger partial charge is 0.416 e. The summed E-state index contributed by atoms with van der Waals surface area (Å²) in [5.74, 6) is 0. The lowest BCUT2D eigenvalue weighted by Crippen LogP contribution is -2.05. The highest BCUT2D eigenvalue weighted by atomic mass is 32.2. The van der Waals surface area contributed by atoms with Gasteiger partial charge in [-0.1, -0.05) is 0 Å². The lowest BCUT2D eigenvalue weighted by Gasteiger charge is -2.12. The molecule has 25 heavy (non-hydrogen) atoms. The maximum absolute atomic E-state index is 12.9. The van der Waals surface area contributed by atoms with Gasteiger partial charge in [-0.05, 0) is 55.1 Å². The molecule has 0 amide bonds. The summed E-state index contributed by atoms with van der Waals surface area (Å²) in [6.07, 6.45) is -3.30. The first-order chi connectivity index (χ1) is 11.7. The Labute approximate surface area is 147 Å². The van der Waals surface area contributed by atoms with Gasteiger partial charge in [-0.15, -0.1) is 0 Å². The summed E-state index contributed by atoms with van der Waals surface area (Å²) >= 11 is 1.99. The van der Waals surface area contributed by atoms with Crippen LogP contribution in [0.2, 0.25) is 0 Å². The van der Waals surface area contributed by atoms with E-state index in [1.165, 1.54) is 6.07 Å². The summed E-state index contributed by atoms with van der Waals surface area (Å²) < 4.78 is 40.9. The quantitative estimate of drug-likeness (QED) is 0.456. The third-order valence-electron chi connectivity index (χ3n) is 3.33. The standard InChI is InChI=1S/C14H11F3N4O2S2/c1-7(2)20-10-4-3-8(14(15,16)17)5-9(10)19-12(20)25-13-18-6-11(24-13)21(22)23/h3-7H,1-2H3. The second-order valence-corrected chi connectivity index (χ2v) is 7.61. The minimum atomic E-state index is -4.45. The monoisotopic (exact) mass is 388 g/mol. The number of imidazole rings is 1. The van der Waals surface area contributed by atoms with E-state index in [1.54, 1.807) is 4.57 Å². The van der Waals surface area contributed by atoms with Gasteiger partial charge in [-0.3, -0.25) is 10.1 Å². The number of thiazole rings is 1. The van der Waals surface area contributed by atoms with Crippen LogP contribution in [0.15, 0.2) is 33.9 Å². The van der Waals surface area contributed by atoms with Crippen LogP contribution in [0.4, 0.5) is 18.2 Å². The molecular formula is C14H11F3N4O2S2. The second kappa shape index (κ2) is 6.30. The Hall–Kier alpha value is -2.14. The summed E-state index contributed by atoms with van der Waals surface area (Å²) in [5, 5.41) is 11.1.